The number of aromatic nitrogens is 3. The molecule has 3 aromatic carbocycles. The van der Waals surface area contributed by atoms with Crippen LogP contribution in [0.15, 0.2) is 72.8 Å². The second-order valence-corrected chi connectivity index (χ2v) is 7.15. The zero-order valence-corrected chi connectivity index (χ0v) is 17.8. The average Bonchev–Trinajstić information content (AvgIpc) is 3.23. The van der Waals surface area contributed by atoms with Gasteiger partial charge in [0.2, 0.25) is 0 Å². The Labute approximate surface area is 191 Å². The van der Waals surface area contributed by atoms with Crippen LogP contribution in [-0.2, 0) is 6.18 Å². The average molecular weight is 470 g/mol. The second-order valence-electron chi connectivity index (χ2n) is 7.15. The Hall–Kier alpha value is -4.21. The van der Waals surface area contributed by atoms with E-state index in [1.54, 1.807) is 31.2 Å². The van der Waals surface area contributed by atoms with Crippen molar-refractivity contribution in [3.05, 3.63) is 89.7 Å². The molecule has 1 aromatic heterocycles. The number of rotatable bonds is 6. The van der Waals surface area contributed by atoms with Crippen LogP contribution in [0, 0.1) is 5.82 Å². The summed E-state index contributed by atoms with van der Waals surface area (Å²) in [4.78, 5) is 16.6. The molecule has 6 nitrogen and oxygen atoms in total. The number of carbonyl (C=O) groups excluding carboxylic acids is 1. The van der Waals surface area contributed by atoms with Gasteiger partial charge in [-0.25, -0.2) is 9.07 Å². The molecule has 0 fully saturated rings. The lowest BCUT2D eigenvalue weighted by Crippen LogP contribution is -2.12. The fourth-order valence-corrected chi connectivity index (χ4v) is 3.20. The van der Waals surface area contributed by atoms with Gasteiger partial charge in [-0.05, 0) is 61.5 Å². The normalized spacial score (nSPS) is 11.3. The molecule has 34 heavy (non-hydrogen) atoms. The molecule has 1 amide bonds. The Bertz CT molecular complexity index is 1320. The SMILES string of the molecule is CCOc1nc(-c2cccc(C(F)(F)F)c2)n(-c2ccc(NC(=O)c3cccc(F)c3)cc2)n1. The van der Waals surface area contributed by atoms with E-state index in [9.17, 15) is 22.4 Å². The number of ether oxygens (including phenoxy) is 1. The minimum Gasteiger partial charge on any atom is -0.463 e. The van der Waals surface area contributed by atoms with Gasteiger partial charge >= 0.3 is 12.2 Å². The summed E-state index contributed by atoms with van der Waals surface area (Å²) in [6, 6.07) is 16.5. The number of benzene rings is 3. The Balaban J connectivity index is 1.65. The summed E-state index contributed by atoms with van der Waals surface area (Å²) < 4.78 is 59.7. The van der Waals surface area contributed by atoms with Crippen LogP contribution < -0.4 is 10.1 Å². The standard InChI is InChI=1S/C24H18F4N4O2/c1-2-34-23-30-21(15-5-3-7-17(13-15)24(26,27)28)32(31-23)20-11-9-19(10-12-20)29-22(33)16-6-4-8-18(25)14-16/h3-14H,2H2,1H3,(H,29,33). The first kappa shape index (κ1) is 23.0. The Morgan fingerprint density at radius 3 is 2.44 bits per heavy atom. The fourth-order valence-electron chi connectivity index (χ4n) is 3.20. The minimum atomic E-state index is -4.51. The molecule has 10 heteroatoms. The van der Waals surface area contributed by atoms with E-state index in [-0.39, 0.29) is 29.6 Å². The number of halogens is 4. The lowest BCUT2D eigenvalue weighted by atomic mass is 10.1. The van der Waals surface area contributed by atoms with E-state index in [0.29, 0.717) is 11.4 Å². The molecule has 4 aromatic rings. The molecule has 174 valence electrons. The molecule has 1 N–H and O–H groups in total. The summed E-state index contributed by atoms with van der Waals surface area (Å²) in [6.45, 7) is 2.01. The highest BCUT2D eigenvalue weighted by Crippen LogP contribution is 2.33. The highest BCUT2D eigenvalue weighted by Gasteiger charge is 2.31. The molecule has 0 spiro atoms. The quantitative estimate of drug-likeness (QED) is 0.365. The maximum atomic E-state index is 13.4. The molecule has 0 saturated carbocycles. The van der Waals surface area contributed by atoms with Crippen LogP contribution in [0.1, 0.15) is 22.8 Å². The van der Waals surface area contributed by atoms with Crippen molar-refractivity contribution in [1.29, 1.82) is 0 Å². The smallest absolute Gasteiger partial charge is 0.416 e. The minimum absolute atomic E-state index is 0.0124. The van der Waals surface area contributed by atoms with E-state index < -0.39 is 23.5 Å². The van der Waals surface area contributed by atoms with Crippen LogP contribution in [0.5, 0.6) is 6.01 Å². The van der Waals surface area contributed by atoms with Gasteiger partial charge in [0.15, 0.2) is 5.82 Å². The third-order valence-electron chi connectivity index (χ3n) is 4.77. The van der Waals surface area contributed by atoms with Gasteiger partial charge in [0, 0.05) is 16.8 Å². The second kappa shape index (κ2) is 9.34. The molecule has 1 heterocycles. The van der Waals surface area contributed by atoms with Crippen molar-refractivity contribution in [3.8, 4) is 23.1 Å². The molecule has 0 radical (unpaired) electrons. The van der Waals surface area contributed by atoms with Crippen LogP contribution in [-0.4, -0.2) is 27.3 Å². The first-order chi connectivity index (χ1) is 16.2. The monoisotopic (exact) mass is 470 g/mol. The van der Waals surface area contributed by atoms with Crippen molar-refractivity contribution in [2.75, 3.05) is 11.9 Å². The van der Waals surface area contributed by atoms with Crippen LogP contribution in [0.2, 0.25) is 0 Å². The van der Waals surface area contributed by atoms with Gasteiger partial charge in [0.25, 0.3) is 5.91 Å². The third-order valence-corrected chi connectivity index (χ3v) is 4.77. The molecule has 0 unspecified atom stereocenters. The summed E-state index contributed by atoms with van der Waals surface area (Å²) in [7, 11) is 0. The molecule has 0 aliphatic heterocycles. The van der Waals surface area contributed by atoms with E-state index in [1.807, 2.05) is 0 Å². The first-order valence-corrected chi connectivity index (χ1v) is 10.2. The van der Waals surface area contributed by atoms with E-state index in [2.05, 4.69) is 15.4 Å². The zero-order chi connectivity index (χ0) is 24.3. The maximum absolute atomic E-state index is 13.4. The number of anilines is 1. The predicted molar refractivity (Wildman–Crippen MR) is 117 cm³/mol. The molecule has 0 saturated heterocycles. The van der Waals surface area contributed by atoms with Crippen LogP contribution in [0.4, 0.5) is 23.2 Å². The summed E-state index contributed by atoms with van der Waals surface area (Å²) >= 11 is 0. The van der Waals surface area contributed by atoms with Crippen molar-refractivity contribution in [1.82, 2.24) is 14.8 Å². The van der Waals surface area contributed by atoms with E-state index >= 15 is 0 Å². The number of amides is 1. The van der Waals surface area contributed by atoms with E-state index in [0.717, 1.165) is 18.2 Å². The van der Waals surface area contributed by atoms with Gasteiger partial charge in [0.1, 0.15) is 5.82 Å². The molecule has 0 bridgehead atoms. The van der Waals surface area contributed by atoms with Crippen molar-refractivity contribution >= 4 is 11.6 Å². The predicted octanol–water partition coefficient (Wildman–Crippen LogP) is 5.74. The van der Waals surface area contributed by atoms with Crippen molar-refractivity contribution in [2.45, 2.75) is 13.1 Å². The molecular formula is C24H18F4N4O2. The first-order valence-electron chi connectivity index (χ1n) is 10.2. The third kappa shape index (κ3) is 5.06. The fraction of sp³-hybridized carbons (Fsp3) is 0.125. The van der Waals surface area contributed by atoms with Crippen molar-refractivity contribution in [3.63, 3.8) is 0 Å². The lowest BCUT2D eigenvalue weighted by Gasteiger charge is -2.10. The van der Waals surface area contributed by atoms with Gasteiger partial charge < -0.3 is 10.1 Å². The van der Waals surface area contributed by atoms with Gasteiger partial charge in [-0.2, -0.15) is 18.2 Å². The largest absolute Gasteiger partial charge is 0.463 e. The number of hydrogen-bond acceptors (Lipinski definition) is 4. The van der Waals surface area contributed by atoms with Crippen LogP contribution in [0.3, 0.4) is 0 Å². The van der Waals surface area contributed by atoms with E-state index in [4.69, 9.17) is 4.74 Å². The highest BCUT2D eigenvalue weighted by molar-refractivity contribution is 6.04. The van der Waals surface area contributed by atoms with Crippen molar-refractivity contribution in [2.24, 2.45) is 0 Å². The van der Waals surface area contributed by atoms with Crippen LogP contribution >= 0.6 is 0 Å². The van der Waals surface area contributed by atoms with E-state index in [1.165, 1.54) is 35.0 Å². The molecule has 0 aliphatic rings. The van der Waals surface area contributed by atoms with Crippen LogP contribution in [0.25, 0.3) is 17.1 Å². The summed E-state index contributed by atoms with van der Waals surface area (Å²) in [5.41, 5.74) is 0.469. The molecule has 0 aliphatic carbocycles. The Kier molecular flexibility index (Phi) is 6.31. The Morgan fingerprint density at radius 2 is 1.76 bits per heavy atom. The highest BCUT2D eigenvalue weighted by atomic mass is 19.4. The number of hydrogen-bond donors (Lipinski definition) is 1. The number of nitrogens with one attached hydrogen (secondary N) is 1. The van der Waals surface area contributed by atoms with Gasteiger partial charge in [-0.3, -0.25) is 4.79 Å². The summed E-state index contributed by atoms with van der Waals surface area (Å²) in [6.07, 6.45) is -4.51. The Morgan fingerprint density at radius 1 is 1.03 bits per heavy atom. The van der Waals surface area contributed by atoms with Gasteiger partial charge in [0.05, 0.1) is 17.9 Å². The number of nitrogens with zero attached hydrogens (tertiary/aromatic N) is 3. The van der Waals surface area contributed by atoms with Crippen molar-refractivity contribution < 1.29 is 27.1 Å². The van der Waals surface area contributed by atoms with Gasteiger partial charge in [-0.1, -0.05) is 18.2 Å². The maximum Gasteiger partial charge on any atom is 0.416 e. The summed E-state index contributed by atoms with van der Waals surface area (Å²) in [5, 5.41) is 6.92. The lowest BCUT2D eigenvalue weighted by molar-refractivity contribution is -0.137. The zero-order valence-electron chi connectivity index (χ0n) is 17.8. The molecule has 4 rings (SSSR count). The number of alkyl halides is 3. The topological polar surface area (TPSA) is 69.0 Å². The molecular weight excluding hydrogens is 452 g/mol. The summed E-state index contributed by atoms with van der Waals surface area (Å²) in [5.74, 6) is -0.858. The molecule has 0 atom stereocenters. The number of carbonyl (C=O) groups is 1. The van der Waals surface area contributed by atoms with Gasteiger partial charge in [-0.15, -0.1) is 5.10 Å².